The summed E-state index contributed by atoms with van der Waals surface area (Å²) in [5, 5.41) is 5.08. The molecule has 7 heteroatoms. The van der Waals surface area contributed by atoms with Gasteiger partial charge in [-0.15, -0.1) is 0 Å². The number of benzene rings is 1. The molecule has 1 aliphatic heterocycles. The highest BCUT2D eigenvalue weighted by Gasteiger charge is 2.33. The molecule has 0 aliphatic carbocycles. The molecular weight excluding hydrogens is 302 g/mol. The molecule has 22 heavy (non-hydrogen) atoms. The smallest absolute Gasteiger partial charge is 0.223 e. The minimum Gasteiger partial charge on any atom is -0.340 e. The van der Waals surface area contributed by atoms with Gasteiger partial charge in [0.1, 0.15) is 0 Å². The number of rotatable bonds is 6. The molecule has 2 rings (SSSR count). The van der Waals surface area contributed by atoms with E-state index in [4.69, 9.17) is 5.14 Å². The Morgan fingerprint density at radius 3 is 2.50 bits per heavy atom. The van der Waals surface area contributed by atoms with Crippen LogP contribution in [0.2, 0.25) is 0 Å². The van der Waals surface area contributed by atoms with Gasteiger partial charge in [0, 0.05) is 25.4 Å². The molecule has 1 aromatic rings. The molecule has 2 N–H and O–H groups in total. The Kier molecular flexibility index (Phi) is 5.20. The molecule has 0 saturated carbocycles. The molecule has 0 spiro atoms. The van der Waals surface area contributed by atoms with Gasteiger partial charge in [0.15, 0.2) is 0 Å². The van der Waals surface area contributed by atoms with E-state index in [0.29, 0.717) is 13.1 Å². The largest absolute Gasteiger partial charge is 0.340 e. The standard InChI is InChI=1S/C15H23N3O3S/c1-17(2)14(13-6-4-3-5-7-13)10-18-9-12(8-15(18)19)11-22(16,20)21/h3-7,12,14H,8-11H2,1-2H3,(H2,16,20,21). The Morgan fingerprint density at radius 1 is 1.32 bits per heavy atom. The molecule has 1 aromatic carbocycles. The van der Waals surface area contributed by atoms with E-state index >= 15 is 0 Å². The summed E-state index contributed by atoms with van der Waals surface area (Å²) in [6.07, 6.45) is 0.255. The fraction of sp³-hybridized carbons (Fsp3) is 0.533. The summed E-state index contributed by atoms with van der Waals surface area (Å²) in [4.78, 5) is 15.9. The normalized spacial score (nSPS) is 20.6. The summed E-state index contributed by atoms with van der Waals surface area (Å²) in [6.45, 7) is 1.00. The number of sulfonamides is 1. The molecular formula is C15H23N3O3S. The summed E-state index contributed by atoms with van der Waals surface area (Å²) in [6, 6.07) is 10.1. The fourth-order valence-electron chi connectivity index (χ4n) is 2.92. The summed E-state index contributed by atoms with van der Waals surface area (Å²) >= 11 is 0. The van der Waals surface area contributed by atoms with Crippen LogP contribution in [0.4, 0.5) is 0 Å². The molecule has 0 aromatic heterocycles. The fourth-order valence-corrected chi connectivity index (χ4v) is 3.80. The molecule has 6 nitrogen and oxygen atoms in total. The lowest BCUT2D eigenvalue weighted by Gasteiger charge is -2.29. The first-order chi connectivity index (χ1) is 10.3. The lowest BCUT2D eigenvalue weighted by atomic mass is 10.1. The molecule has 0 radical (unpaired) electrons. The maximum Gasteiger partial charge on any atom is 0.223 e. The highest BCUT2D eigenvalue weighted by atomic mass is 32.2. The lowest BCUT2D eigenvalue weighted by Crippen LogP contribution is -2.36. The zero-order valence-corrected chi connectivity index (χ0v) is 13.8. The number of carbonyl (C=O) groups excluding carboxylic acids is 1. The number of likely N-dealkylation sites (N-methyl/N-ethyl adjacent to an activating group) is 1. The first-order valence-electron chi connectivity index (χ1n) is 7.26. The predicted molar refractivity (Wildman–Crippen MR) is 85.5 cm³/mol. The van der Waals surface area contributed by atoms with E-state index in [9.17, 15) is 13.2 Å². The van der Waals surface area contributed by atoms with Crippen LogP contribution in [0.25, 0.3) is 0 Å². The number of hydrogen-bond donors (Lipinski definition) is 1. The second-order valence-electron chi connectivity index (χ2n) is 6.09. The third kappa shape index (κ3) is 4.53. The van der Waals surface area contributed by atoms with Crippen molar-refractivity contribution in [3.05, 3.63) is 35.9 Å². The summed E-state index contributed by atoms with van der Waals surface area (Å²) < 4.78 is 22.4. The van der Waals surface area contributed by atoms with Gasteiger partial charge in [-0.25, -0.2) is 13.6 Å². The Morgan fingerprint density at radius 2 is 1.95 bits per heavy atom. The van der Waals surface area contributed by atoms with Crippen LogP contribution in [0.5, 0.6) is 0 Å². The molecule has 2 atom stereocenters. The number of amides is 1. The van der Waals surface area contributed by atoms with Crippen LogP contribution in [-0.2, 0) is 14.8 Å². The maximum absolute atomic E-state index is 12.1. The van der Waals surface area contributed by atoms with E-state index in [1.54, 1.807) is 4.90 Å². The molecule has 1 aliphatic rings. The van der Waals surface area contributed by atoms with Crippen molar-refractivity contribution in [3.63, 3.8) is 0 Å². The van der Waals surface area contributed by atoms with Crippen LogP contribution in [0.3, 0.4) is 0 Å². The van der Waals surface area contributed by atoms with Gasteiger partial charge < -0.3 is 9.80 Å². The van der Waals surface area contributed by atoms with Crippen molar-refractivity contribution < 1.29 is 13.2 Å². The number of carbonyl (C=O) groups is 1. The average molecular weight is 325 g/mol. The second kappa shape index (κ2) is 6.76. The van der Waals surface area contributed by atoms with E-state index in [2.05, 4.69) is 4.90 Å². The topological polar surface area (TPSA) is 83.7 Å². The molecule has 0 bridgehead atoms. The Labute approximate surface area is 131 Å². The molecule has 122 valence electrons. The third-order valence-corrected chi connectivity index (χ3v) is 4.90. The van der Waals surface area contributed by atoms with Crippen molar-refractivity contribution >= 4 is 15.9 Å². The van der Waals surface area contributed by atoms with Gasteiger partial charge in [0.05, 0.1) is 11.8 Å². The van der Waals surface area contributed by atoms with Crippen molar-refractivity contribution in [3.8, 4) is 0 Å². The van der Waals surface area contributed by atoms with Crippen LogP contribution in [0, 0.1) is 5.92 Å². The minimum absolute atomic E-state index is 0.00330. The van der Waals surface area contributed by atoms with Crippen LogP contribution in [0.15, 0.2) is 30.3 Å². The molecule has 1 heterocycles. The van der Waals surface area contributed by atoms with Gasteiger partial charge in [-0.3, -0.25) is 4.79 Å². The van der Waals surface area contributed by atoms with Gasteiger partial charge >= 0.3 is 0 Å². The molecule has 2 unspecified atom stereocenters. The van der Waals surface area contributed by atoms with Crippen molar-refractivity contribution in [1.29, 1.82) is 0 Å². The third-order valence-electron chi connectivity index (χ3n) is 3.96. The van der Waals surface area contributed by atoms with Crippen molar-refractivity contribution in [2.24, 2.45) is 11.1 Å². The van der Waals surface area contributed by atoms with Crippen molar-refractivity contribution in [2.45, 2.75) is 12.5 Å². The number of hydrogen-bond acceptors (Lipinski definition) is 4. The zero-order valence-electron chi connectivity index (χ0n) is 13.0. The first-order valence-corrected chi connectivity index (χ1v) is 8.97. The van der Waals surface area contributed by atoms with Gasteiger partial charge in [0.25, 0.3) is 0 Å². The summed E-state index contributed by atoms with van der Waals surface area (Å²) in [5.41, 5.74) is 1.13. The zero-order chi connectivity index (χ0) is 16.3. The van der Waals surface area contributed by atoms with E-state index < -0.39 is 10.0 Å². The monoisotopic (exact) mass is 325 g/mol. The van der Waals surface area contributed by atoms with Gasteiger partial charge in [0.2, 0.25) is 15.9 Å². The lowest BCUT2D eigenvalue weighted by molar-refractivity contribution is -0.128. The van der Waals surface area contributed by atoms with Crippen LogP contribution >= 0.6 is 0 Å². The SMILES string of the molecule is CN(C)C(CN1CC(CS(N)(=O)=O)CC1=O)c1ccccc1. The first kappa shape index (κ1) is 16.9. The molecule has 1 saturated heterocycles. The number of likely N-dealkylation sites (tertiary alicyclic amines) is 1. The van der Waals surface area contributed by atoms with E-state index in [1.165, 1.54) is 0 Å². The Hall–Kier alpha value is -1.44. The van der Waals surface area contributed by atoms with Crippen LogP contribution in [0.1, 0.15) is 18.0 Å². The van der Waals surface area contributed by atoms with Crippen molar-refractivity contribution in [1.82, 2.24) is 9.80 Å². The van der Waals surface area contributed by atoms with E-state index in [1.807, 2.05) is 44.4 Å². The highest BCUT2D eigenvalue weighted by Crippen LogP contribution is 2.25. The van der Waals surface area contributed by atoms with E-state index in [0.717, 1.165) is 5.56 Å². The van der Waals surface area contributed by atoms with Crippen LogP contribution in [-0.4, -0.2) is 57.1 Å². The second-order valence-corrected chi connectivity index (χ2v) is 7.75. The summed E-state index contributed by atoms with van der Waals surface area (Å²) in [7, 11) is 0.404. The number of nitrogens with two attached hydrogens (primary N) is 1. The Bertz CT molecular complexity index is 616. The number of primary sulfonamides is 1. The van der Waals surface area contributed by atoms with Crippen LogP contribution < -0.4 is 5.14 Å². The van der Waals surface area contributed by atoms with Gasteiger partial charge in [-0.05, 0) is 19.7 Å². The van der Waals surface area contributed by atoms with Gasteiger partial charge in [-0.1, -0.05) is 30.3 Å². The average Bonchev–Trinajstić information content (AvgIpc) is 2.74. The predicted octanol–water partition coefficient (Wildman–Crippen LogP) is 0.426. The molecule has 1 amide bonds. The number of nitrogens with zero attached hydrogens (tertiary/aromatic N) is 2. The maximum atomic E-state index is 12.1. The highest BCUT2D eigenvalue weighted by molar-refractivity contribution is 7.89. The Balaban J connectivity index is 2.06. The quantitative estimate of drug-likeness (QED) is 0.822. The van der Waals surface area contributed by atoms with Crippen molar-refractivity contribution in [2.75, 3.05) is 32.9 Å². The van der Waals surface area contributed by atoms with Gasteiger partial charge in [-0.2, -0.15) is 0 Å². The minimum atomic E-state index is -3.54. The molecule has 1 fully saturated rings. The van der Waals surface area contributed by atoms with E-state index in [-0.39, 0.29) is 30.0 Å². The summed E-state index contributed by atoms with van der Waals surface area (Å²) in [5.74, 6) is -0.342.